The molecule has 0 aliphatic carbocycles. The number of nitrogens with zero attached hydrogens (tertiary/aromatic N) is 8. The molecule has 0 spiro atoms. The van der Waals surface area contributed by atoms with Crippen LogP contribution in [0.2, 0.25) is 0 Å². The minimum Gasteiger partial charge on any atom is -0.311 e. The zero-order valence-corrected chi connectivity index (χ0v) is 36.5. The molecule has 10 heteroatoms. The Morgan fingerprint density at radius 3 is 0.985 bits per heavy atom. The van der Waals surface area contributed by atoms with Crippen molar-refractivity contribution in [2.24, 2.45) is 0 Å². The molecule has 0 unspecified atom stereocenters. The van der Waals surface area contributed by atoms with Gasteiger partial charge in [-0.1, -0.05) is 84.9 Å². The fraction of sp³-hybridized carbons (Fsp3) is 0. The summed E-state index contributed by atoms with van der Waals surface area (Å²) in [5.41, 5.74) is 9.54. The Bertz CT molecular complexity index is 3130. The van der Waals surface area contributed by atoms with Gasteiger partial charge in [-0.3, -0.25) is 0 Å². The lowest BCUT2D eigenvalue weighted by Gasteiger charge is -2.26. The fourth-order valence-corrected chi connectivity index (χ4v) is 9.29. The highest BCUT2D eigenvalue weighted by molar-refractivity contribution is 7.16. The Morgan fingerprint density at radius 2 is 0.667 bits per heavy atom. The quantitative estimate of drug-likeness (QED) is 0.110. The predicted octanol–water partition coefficient (Wildman–Crippen LogP) is 14.8. The molecule has 0 amide bonds. The summed E-state index contributed by atoms with van der Waals surface area (Å²) in [6.07, 6.45) is 3.18. The van der Waals surface area contributed by atoms with Crippen molar-refractivity contribution in [2.45, 2.75) is 0 Å². The van der Waals surface area contributed by atoms with Crippen molar-refractivity contribution >= 4 is 74.5 Å². The van der Waals surface area contributed by atoms with Gasteiger partial charge in [-0.15, -0.1) is 22.7 Å². The predicted molar refractivity (Wildman–Crippen MR) is 265 cm³/mol. The Hall–Kier alpha value is -9.52. The third-order valence-corrected chi connectivity index (χ3v) is 12.6. The van der Waals surface area contributed by atoms with Gasteiger partial charge in [-0.2, -0.15) is 31.6 Å². The van der Waals surface area contributed by atoms with Crippen LogP contribution in [0.1, 0.15) is 20.9 Å². The minimum atomic E-state index is -0.00565. The Labute approximate surface area is 390 Å². The van der Waals surface area contributed by atoms with E-state index in [0.717, 1.165) is 64.8 Å². The lowest BCUT2D eigenvalue weighted by Crippen LogP contribution is -2.10. The average molecular weight is 881 g/mol. The maximum Gasteiger partial charge on any atom is 0.138 e. The molecule has 0 radical (unpaired) electrons. The van der Waals surface area contributed by atoms with Gasteiger partial charge in [0, 0.05) is 59.2 Å². The first-order valence-corrected chi connectivity index (χ1v) is 22.0. The van der Waals surface area contributed by atoms with Gasteiger partial charge in [0.1, 0.15) is 53.1 Å². The molecule has 2 heterocycles. The van der Waals surface area contributed by atoms with Crippen LogP contribution in [-0.4, -0.2) is 0 Å². The van der Waals surface area contributed by atoms with Crippen LogP contribution >= 0.6 is 22.7 Å². The van der Waals surface area contributed by atoms with Gasteiger partial charge in [-0.25, -0.2) is 0 Å². The molecule has 0 aliphatic rings. The van der Waals surface area contributed by atoms with E-state index in [1.54, 1.807) is 12.2 Å². The number of rotatable bonds is 12. The summed E-state index contributed by atoms with van der Waals surface area (Å²) in [5.74, 6) is 0. The largest absolute Gasteiger partial charge is 0.311 e. The van der Waals surface area contributed by atoms with Gasteiger partial charge in [-0.05, 0) is 131 Å². The van der Waals surface area contributed by atoms with Crippen LogP contribution < -0.4 is 9.80 Å². The molecule has 0 saturated carbocycles. The van der Waals surface area contributed by atoms with Crippen LogP contribution in [0.3, 0.4) is 0 Å². The second-order valence-corrected chi connectivity index (χ2v) is 16.7. The van der Waals surface area contributed by atoms with Crippen molar-refractivity contribution in [1.82, 2.24) is 0 Å². The Balaban J connectivity index is 1.09. The maximum absolute atomic E-state index is 10.2. The Morgan fingerprint density at radius 1 is 0.348 bits per heavy atom. The van der Waals surface area contributed by atoms with Gasteiger partial charge in [0.05, 0.1) is 0 Å². The van der Waals surface area contributed by atoms with Crippen molar-refractivity contribution in [1.29, 1.82) is 31.6 Å². The van der Waals surface area contributed by atoms with Crippen molar-refractivity contribution < 1.29 is 0 Å². The van der Waals surface area contributed by atoms with Gasteiger partial charge in [0.2, 0.25) is 0 Å². The first kappa shape index (κ1) is 43.1. The molecule has 0 saturated heterocycles. The molecule has 0 bridgehead atoms. The molecule has 8 rings (SSSR count). The molecule has 0 fully saturated rings. The SMILES string of the molecule is N#CC(C#N)=Cc1ccc(-c2ccc(N(c3ccccc3)c3ccc(C(=C(C#N)C#N)c4ccc(N(c5ccccc5)c5ccc(-c6ccc(C=C(C#N)C#N)s6)cc5)cc4)cc3)cc2)s1. The van der Waals surface area contributed by atoms with E-state index in [2.05, 4.69) is 21.9 Å². The van der Waals surface area contributed by atoms with Crippen LogP contribution in [0, 0.1) is 68.0 Å². The highest BCUT2D eigenvalue weighted by Crippen LogP contribution is 2.40. The molecule has 66 heavy (non-hydrogen) atoms. The molecule has 8 nitrogen and oxygen atoms in total. The zero-order valence-electron chi connectivity index (χ0n) is 34.9. The molecule has 2 aromatic heterocycles. The minimum absolute atomic E-state index is 0.00565. The second-order valence-electron chi connectivity index (χ2n) is 14.5. The van der Waals surface area contributed by atoms with Gasteiger partial charge in [0.25, 0.3) is 0 Å². The summed E-state index contributed by atoms with van der Waals surface area (Å²) < 4.78 is 0. The van der Waals surface area contributed by atoms with E-state index in [-0.39, 0.29) is 16.7 Å². The first-order valence-electron chi connectivity index (χ1n) is 20.3. The van der Waals surface area contributed by atoms with E-state index in [1.807, 2.05) is 206 Å². The number of allylic oxidation sites excluding steroid dienone is 3. The molecule has 0 aliphatic heterocycles. The number of thiophene rings is 2. The molecule has 0 N–H and O–H groups in total. The van der Waals surface area contributed by atoms with Crippen LogP contribution in [-0.2, 0) is 0 Å². The molecular formula is C56H32N8S2. The normalized spacial score (nSPS) is 10.0. The number of benzene rings is 6. The lowest BCUT2D eigenvalue weighted by atomic mass is 9.93. The highest BCUT2D eigenvalue weighted by Gasteiger charge is 2.18. The monoisotopic (exact) mass is 880 g/mol. The summed E-state index contributed by atoms with van der Waals surface area (Å²) in [6.45, 7) is 0. The Kier molecular flexibility index (Phi) is 13.1. The smallest absolute Gasteiger partial charge is 0.138 e. The van der Waals surface area contributed by atoms with Crippen molar-refractivity contribution in [2.75, 3.05) is 9.80 Å². The average Bonchev–Trinajstić information content (AvgIpc) is 4.06. The molecule has 0 atom stereocenters. The van der Waals surface area contributed by atoms with E-state index in [0.29, 0.717) is 16.7 Å². The third kappa shape index (κ3) is 9.44. The molecular weight excluding hydrogens is 849 g/mol. The van der Waals surface area contributed by atoms with E-state index in [9.17, 15) is 31.6 Å². The summed E-state index contributed by atoms with van der Waals surface area (Å²) >= 11 is 3.01. The van der Waals surface area contributed by atoms with Gasteiger partial charge in [0.15, 0.2) is 0 Å². The number of anilines is 6. The van der Waals surface area contributed by atoms with Gasteiger partial charge >= 0.3 is 0 Å². The van der Waals surface area contributed by atoms with Crippen molar-refractivity contribution in [3.8, 4) is 57.3 Å². The lowest BCUT2D eigenvalue weighted by molar-refractivity contribution is 1.28. The summed E-state index contributed by atoms with van der Waals surface area (Å²) in [4.78, 5) is 7.94. The number of para-hydroxylation sites is 2. The van der Waals surface area contributed by atoms with E-state index >= 15 is 0 Å². The van der Waals surface area contributed by atoms with Crippen molar-refractivity contribution in [3.05, 3.63) is 220 Å². The van der Waals surface area contributed by atoms with Crippen LogP contribution in [0.25, 0.3) is 38.6 Å². The number of hydrogen-bond donors (Lipinski definition) is 0. The maximum atomic E-state index is 10.2. The molecule has 6 aromatic carbocycles. The van der Waals surface area contributed by atoms with Gasteiger partial charge < -0.3 is 9.80 Å². The number of hydrogen-bond acceptors (Lipinski definition) is 10. The molecule has 308 valence electrons. The molecule has 8 aromatic rings. The van der Waals surface area contributed by atoms with Crippen LogP contribution in [0.15, 0.2) is 199 Å². The van der Waals surface area contributed by atoms with Crippen LogP contribution in [0.4, 0.5) is 34.1 Å². The van der Waals surface area contributed by atoms with E-state index in [4.69, 9.17) is 0 Å². The third-order valence-electron chi connectivity index (χ3n) is 10.5. The summed E-state index contributed by atoms with van der Waals surface area (Å²) in [6, 6.07) is 71.8. The second kappa shape index (κ2) is 20.1. The van der Waals surface area contributed by atoms with E-state index < -0.39 is 0 Å². The van der Waals surface area contributed by atoms with Crippen molar-refractivity contribution in [3.63, 3.8) is 0 Å². The first-order chi connectivity index (χ1) is 32.4. The summed E-state index contributed by atoms with van der Waals surface area (Å²) in [7, 11) is 0. The summed E-state index contributed by atoms with van der Waals surface area (Å²) in [5, 5.41) is 57.2. The van der Waals surface area contributed by atoms with E-state index in [1.165, 1.54) is 22.7 Å². The fourth-order valence-electron chi connectivity index (χ4n) is 7.38. The van der Waals surface area contributed by atoms with Crippen LogP contribution in [0.5, 0.6) is 0 Å². The standard InChI is InChI=1S/C56H32N8S2/c57-33-39(34-58)31-52-27-29-54(65-52)41-11-19-48(20-12-41)63(46-7-3-1-4-8-46)50-23-15-43(16-24-50)56(45(37-61)38-62)44-17-25-51(26-18-44)64(47-9-5-2-6-10-47)49-21-13-42(14-22-49)55-30-28-53(66-55)32-40(35-59)36-60/h1-32H. The zero-order chi connectivity index (χ0) is 45.8. The highest BCUT2D eigenvalue weighted by atomic mass is 32.1. The number of nitriles is 6. The topological polar surface area (TPSA) is 149 Å².